The van der Waals surface area contributed by atoms with Crippen LogP contribution in [0, 0.1) is 0 Å². The van der Waals surface area contributed by atoms with Crippen molar-refractivity contribution in [1.82, 2.24) is 5.32 Å². The van der Waals surface area contributed by atoms with E-state index in [2.05, 4.69) is 41.4 Å². The summed E-state index contributed by atoms with van der Waals surface area (Å²) in [7, 11) is 4.04. The predicted octanol–water partition coefficient (Wildman–Crippen LogP) is 2.60. The van der Waals surface area contributed by atoms with Crippen LogP contribution in [0.25, 0.3) is 0 Å². The highest BCUT2D eigenvalue weighted by Gasteiger charge is 2.05. The van der Waals surface area contributed by atoms with Gasteiger partial charge in [-0.25, -0.2) is 0 Å². The standard InChI is InChI=1S/C15H24N2O/c1-5-12(2)16-15(18)11-8-13-6-9-14(10-7-13)17(3)4/h6-7,9-10,12H,5,8,11H2,1-4H3,(H,16,18). The Labute approximate surface area is 110 Å². The zero-order chi connectivity index (χ0) is 13.5. The second-order valence-corrected chi connectivity index (χ2v) is 4.94. The fraction of sp³-hybridized carbons (Fsp3) is 0.533. The first kappa shape index (κ1) is 14.6. The van der Waals surface area contributed by atoms with Crippen molar-refractivity contribution >= 4 is 11.6 Å². The summed E-state index contributed by atoms with van der Waals surface area (Å²) in [6.07, 6.45) is 2.34. The van der Waals surface area contributed by atoms with Crippen LogP contribution in [0.3, 0.4) is 0 Å². The lowest BCUT2D eigenvalue weighted by molar-refractivity contribution is -0.121. The van der Waals surface area contributed by atoms with Crippen molar-refractivity contribution in [3.63, 3.8) is 0 Å². The first-order valence-corrected chi connectivity index (χ1v) is 6.58. The van der Waals surface area contributed by atoms with Crippen LogP contribution >= 0.6 is 0 Å². The molecule has 1 aromatic carbocycles. The molecule has 0 fully saturated rings. The van der Waals surface area contributed by atoms with Gasteiger partial charge in [0.05, 0.1) is 0 Å². The van der Waals surface area contributed by atoms with E-state index in [1.807, 2.05) is 21.0 Å². The Bertz CT molecular complexity index is 371. The third-order valence-electron chi connectivity index (χ3n) is 3.11. The lowest BCUT2D eigenvalue weighted by Crippen LogP contribution is -2.31. The van der Waals surface area contributed by atoms with Crippen molar-refractivity contribution in [2.24, 2.45) is 0 Å². The molecule has 18 heavy (non-hydrogen) atoms. The predicted molar refractivity (Wildman–Crippen MR) is 77.0 cm³/mol. The molecule has 0 heterocycles. The van der Waals surface area contributed by atoms with E-state index >= 15 is 0 Å². The number of benzene rings is 1. The Balaban J connectivity index is 2.41. The second kappa shape index (κ2) is 7.04. The maximum absolute atomic E-state index is 11.6. The second-order valence-electron chi connectivity index (χ2n) is 4.94. The number of hydrogen-bond donors (Lipinski definition) is 1. The zero-order valence-corrected chi connectivity index (χ0v) is 11.9. The number of carbonyl (C=O) groups excluding carboxylic acids is 1. The summed E-state index contributed by atoms with van der Waals surface area (Å²) in [6.45, 7) is 4.11. The van der Waals surface area contributed by atoms with Gasteiger partial charge in [-0.05, 0) is 37.5 Å². The van der Waals surface area contributed by atoms with Gasteiger partial charge in [-0.3, -0.25) is 4.79 Å². The zero-order valence-electron chi connectivity index (χ0n) is 11.9. The molecule has 0 spiro atoms. The molecule has 0 aliphatic rings. The summed E-state index contributed by atoms with van der Waals surface area (Å²) in [5, 5.41) is 2.98. The lowest BCUT2D eigenvalue weighted by Gasteiger charge is -2.13. The minimum absolute atomic E-state index is 0.140. The van der Waals surface area contributed by atoms with Crippen LogP contribution in [0.15, 0.2) is 24.3 Å². The molecule has 0 bridgehead atoms. The van der Waals surface area contributed by atoms with Crippen LogP contribution in [0.5, 0.6) is 0 Å². The number of rotatable bonds is 6. The van der Waals surface area contributed by atoms with Crippen LogP contribution in [0.1, 0.15) is 32.3 Å². The summed E-state index contributed by atoms with van der Waals surface area (Å²) in [6, 6.07) is 8.62. The topological polar surface area (TPSA) is 32.3 Å². The first-order chi connectivity index (χ1) is 8.52. The van der Waals surface area contributed by atoms with E-state index < -0.39 is 0 Å². The number of nitrogens with one attached hydrogen (secondary N) is 1. The Morgan fingerprint density at radius 3 is 2.39 bits per heavy atom. The molecule has 3 heteroatoms. The van der Waals surface area contributed by atoms with Crippen molar-refractivity contribution in [2.75, 3.05) is 19.0 Å². The van der Waals surface area contributed by atoms with Crippen molar-refractivity contribution in [2.45, 2.75) is 39.2 Å². The van der Waals surface area contributed by atoms with Gasteiger partial charge in [0.25, 0.3) is 0 Å². The average molecular weight is 248 g/mol. The highest BCUT2D eigenvalue weighted by molar-refractivity contribution is 5.76. The van der Waals surface area contributed by atoms with Crippen molar-refractivity contribution in [3.8, 4) is 0 Å². The molecule has 0 aliphatic heterocycles. The summed E-state index contributed by atoms with van der Waals surface area (Å²) >= 11 is 0. The number of amides is 1. The molecule has 1 rings (SSSR count). The van der Waals surface area contributed by atoms with E-state index in [4.69, 9.17) is 0 Å². The van der Waals surface area contributed by atoms with E-state index in [1.54, 1.807) is 0 Å². The summed E-state index contributed by atoms with van der Waals surface area (Å²) in [5.41, 5.74) is 2.39. The minimum Gasteiger partial charge on any atom is -0.378 e. The largest absolute Gasteiger partial charge is 0.378 e. The van der Waals surface area contributed by atoms with Crippen molar-refractivity contribution < 1.29 is 4.79 Å². The third-order valence-corrected chi connectivity index (χ3v) is 3.11. The van der Waals surface area contributed by atoms with E-state index in [1.165, 1.54) is 11.3 Å². The Morgan fingerprint density at radius 1 is 1.28 bits per heavy atom. The Morgan fingerprint density at radius 2 is 1.89 bits per heavy atom. The normalized spacial score (nSPS) is 12.0. The van der Waals surface area contributed by atoms with Gasteiger partial charge < -0.3 is 10.2 Å². The SMILES string of the molecule is CCC(C)NC(=O)CCc1ccc(N(C)C)cc1. The molecule has 0 aliphatic carbocycles. The van der Waals surface area contributed by atoms with E-state index in [9.17, 15) is 4.79 Å². The molecule has 1 atom stereocenters. The van der Waals surface area contributed by atoms with Crippen LogP contribution < -0.4 is 10.2 Å². The quantitative estimate of drug-likeness (QED) is 0.839. The van der Waals surface area contributed by atoms with Crippen molar-refractivity contribution in [3.05, 3.63) is 29.8 Å². The molecular weight excluding hydrogens is 224 g/mol. The maximum Gasteiger partial charge on any atom is 0.220 e. The molecule has 1 amide bonds. The average Bonchev–Trinajstić information content (AvgIpc) is 2.36. The molecule has 1 unspecified atom stereocenters. The smallest absolute Gasteiger partial charge is 0.220 e. The lowest BCUT2D eigenvalue weighted by atomic mass is 10.1. The van der Waals surface area contributed by atoms with Gasteiger partial charge in [0.15, 0.2) is 0 Å². The summed E-state index contributed by atoms with van der Waals surface area (Å²) in [5.74, 6) is 0.140. The van der Waals surface area contributed by atoms with Crippen LogP contribution in [-0.4, -0.2) is 26.0 Å². The minimum atomic E-state index is 0.140. The highest BCUT2D eigenvalue weighted by Crippen LogP contribution is 2.13. The molecule has 1 aromatic rings. The van der Waals surface area contributed by atoms with Gasteiger partial charge in [-0.2, -0.15) is 0 Å². The fourth-order valence-electron chi connectivity index (χ4n) is 1.67. The van der Waals surface area contributed by atoms with Gasteiger partial charge in [-0.1, -0.05) is 19.1 Å². The Hall–Kier alpha value is -1.51. The molecule has 0 saturated carbocycles. The molecule has 3 nitrogen and oxygen atoms in total. The highest BCUT2D eigenvalue weighted by atomic mass is 16.1. The first-order valence-electron chi connectivity index (χ1n) is 6.58. The third kappa shape index (κ3) is 4.78. The number of hydrogen-bond acceptors (Lipinski definition) is 2. The van der Waals surface area contributed by atoms with Gasteiger partial charge in [0.1, 0.15) is 0 Å². The van der Waals surface area contributed by atoms with E-state index in [0.717, 1.165) is 12.8 Å². The van der Waals surface area contributed by atoms with Gasteiger partial charge >= 0.3 is 0 Å². The summed E-state index contributed by atoms with van der Waals surface area (Å²) < 4.78 is 0. The van der Waals surface area contributed by atoms with Crippen LogP contribution in [0.2, 0.25) is 0 Å². The number of carbonyl (C=O) groups is 1. The van der Waals surface area contributed by atoms with E-state index in [0.29, 0.717) is 6.42 Å². The molecule has 0 saturated heterocycles. The molecule has 100 valence electrons. The fourth-order valence-corrected chi connectivity index (χ4v) is 1.67. The van der Waals surface area contributed by atoms with Gasteiger partial charge in [0, 0.05) is 32.2 Å². The van der Waals surface area contributed by atoms with Crippen molar-refractivity contribution in [1.29, 1.82) is 0 Å². The van der Waals surface area contributed by atoms with Gasteiger partial charge in [-0.15, -0.1) is 0 Å². The monoisotopic (exact) mass is 248 g/mol. The van der Waals surface area contributed by atoms with Gasteiger partial charge in [0.2, 0.25) is 5.91 Å². The molecule has 1 N–H and O–H groups in total. The maximum atomic E-state index is 11.6. The number of nitrogens with zero attached hydrogens (tertiary/aromatic N) is 1. The summed E-state index contributed by atoms with van der Waals surface area (Å²) in [4.78, 5) is 13.7. The molecular formula is C15H24N2O. The molecule has 0 radical (unpaired) electrons. The van der Waals surface area contributed by atoms with E-state index in [-0.39, 0.29) is 11.9 Å². The Kier molecular flexibility index (Phi) is 5.69. The number of aryl methyl sites for hydroxylation is 1. The molecule has 0 aromatic heterocycles. The number of anilines is 1. The van der Waals surface area contributed by atoms with Crippen LogP contribution in [-0.2, 0) is 11.2 Å². The van der Waals surface area contributed by atoms with Crippen LogP contribution in [0.4, 0.5) is 5.69 Å².